The van der Waals surface area contributed by atoms with Crippen LogP contribution in [0, 0.1) is 0 Å². The average molecular weight is 620 g/mol. The number of ether oxygens (including phenoxy) is 1. The van der Waals surface area contributed by atoms with Crippen molar-refractivity contribution in [2.45, 2.75) is 38.5 Å². The van der Waals surface area contributed by atoms with Crippen molar-refractivity contribution in [3.05, 3.63) is 108 Å². The maximum absolute atomic E-state index is 13.7. The maximum Gasteiger partial charge on any atom is 1.00 e. The molecule has 3 aromatic carbocycles. The molecule has 2 amide bonds. The molecule has 0 saturated heterocycles. The van der Waals surface area contributed by atoms with Gasteiger partial charge in [-0.1, -0.05) is 66.7 Å². The fourth-order valence-electron chi connectivity index (χ4n) is 4.82. The Balaban J connectivity index is 0.00000253. The minimum Gasteiger partial charge on any atom is -0.795 e. The van der Waals surface area contributed by atoms with Gasteiger partial charge in [0, 0.05) is 31.1 Å². The van der Waals surface area contributed by atoms with E-state index in [4.69, 9.17) is 9.15 Å². The second-order valence-electron chi connectivity index (χ2n) is 10.1. The third-order valence-corrected chi connectivity index (χ3v) is 7.79. The van der Waals surface area contributed by atoms with Crippen LogP contribution in [0.1, 0.15) is 36.8 Å². The maximum atomic E-state index is 13.7. The number of amides is 2. The van der Waals surface area contributed by atoms with Crippen LogP contribution < -0.4 is 79.5 Å². The molecule has 0 bridgehead atoms. The van der Waals surface area contributed by atoms with Crippen molar-refractivity contribution in [3.8, 4) is 0 Å². The Morgan fingerprint density at radius 2 is 1.65 bits per heavy atom. The molecule has 0 radical (unpaired) electrons. The summed E-state index contributed by atoms with van der Waals surface area (Å²) in [4.78, 5) is 50.7. The Hall–Kier alpha value is -2.37. The summed E-state index contributed by atoms with van der Waals surface area (Å²) in [5.74, 6) is -0.103. The number of nitrogens with zero attached hydrogens (tertiary/aromatic N) is 1. The van der Waals surface area contributed by atoms with Crippen LogP contribution in [0.3, 0.4) is 0 Å². The third-order valence-electron chi connectivity index (χ3n) is 6.93. The zero-order valence-corrected chi connectivity index (χ0v) is 29.3. The van der Waals surface area contributed by atoms with Crippen molar-refractivity contribution in [1.82, 2.24) is 15.0 Å². The van der Waals surface area contributed by atoms with Crippen molar-refractivity contribution >= 4 is 41.6 Å². The zero-order chi connectivity index (χ0) is 29.2. The standard InChI is InChI=1S/C30H30N3O7P.2Na/c1-20(21-10-4-3-5-11-21)31-28(34)30(2,17-23-18-33(41(36,37)38)26-14-8-7-13-25(23)26)32-29(35)39-19-24-16-22-12-6-9-15-27(22)40-24;;/h3-16,18,20H,17,19H2,1-2H3,(H,31,34)(H,32,35)(H2,36,37,38);;/q;2*+1/p-2. The first-order valence-electron chi connectivity index (χ1n) is 12.9. The van der Waals surface area contributed by atoms with E-state index in [1.54, 1.807) is 30.3 Å². The number of rotatable bonds is 9. The molecule has 5 rings (SSSR count). The van der Waals surface area contributed by atoms with E-state index in [1.165, 1.54) is 19.2 Å². The molecule has 10 nitrogen and oxygen atoms in total. The summed E-state index contributed by atoms with van der Waals surface area (Å²) in [6, 6.07) is 24.5. The Morgan fingerprint density at radius 1 is 1.00 bits per heavy atom. The van der Waals surface area contributed by atoms with Gasteiger partial charge in [-0.2, -0.15) is 0 Å². The summed E-state index contributed by atoms with van der Waals surface area (Å²) in [6.07, 6.45) is 0.185. The number of furan rings is 1. The summed E-state index contributed by atoms with van der Waals surface area (Å²) in [5, 5.41) is 6.91. The van der Waals surface area contributed by atoms with Gasteiger partial charge in [0.1, 0.15) is 16.9 Å². The normalized spacial score (nSPS) is 13.3. The van der Waals surface area contributed by atoms with Crippen molar-refractivity contribution in [2.75, 3.05) is 0 Å². The van der Waals surface area contributed by atoms with Gasteiger partial charge >= 0.3 is 65.2 Å². The molecule has 212 valence electrons. The predicted molar refractivity (Wildman–Crippen MR) is 150 cm³/mol. The summed E-state index contributed by atoms with van der Waals surface area (Å²) in [5.41, 5.74) is 0.472. The number of alkyl carbamates (subject to hydrolysis) is 1. The Kier molecular flexibility index (Phi) is 11.9. The van der Waals surface area contributed by atoms with Crippen molar-refractivity contribution < 1.29 is 92.2 Å². The quantitative estimate of drug-likeness (QED) is 0.146. The average Bonchev–Trinajstić information content (AvgIpc) is 3.54. The minimum atomic E-state index is -5.19. The van der Waals surface area contributed by atoms with E-state index in [9.17, 15) is 23.9 Å². The fourth-order valence-corrected chi connectivity index (χ4v) is 5.54. The number of hydrogen-bond acceptors (Lipinski definition) is 7. The van der Waals surface area contributed by atoms with Crippen molar-refractivity contribution in [2.24, 2.45) is 0 Å². The first-order valence-corrected chi connectivity index (χ1v) is 14.4. The minimum absolute atomic E-state index is 0. The van der Waals surface area contributed by atoms with Crippen LogP contribution in [0.15, 0.2) is 95.5 Å². The number of nitrogens with one attached hydrogen (secondary N) is 2. The van der Waals surface area contributed by atoms with E-state index in [-0.39, 0.29) is 77.7 Å². The SMILES string of the molecule is CC(NC(=O)C(C)(Cc1cn(P(=O)([O-])[O-])c2ccccc12)NC(=O)OCc1cc2ccccc2o1)c1ccccc1.[Na+].[Na+]. The summed E-state index contributed by atoms with van der Waals surface area (Å²) in [7, 11) is -5.19. The van der Waals surface area contributed by atoms with Crippen LogP contribution in [-0.4, -0.2) is 21.9 Å². The Bertz CT molecular complexity index is 1740. The number of carbonyl (C=O) groups is 2. The largest absolute Gasteiger partial charge is 1.00 e. The Morgan fingerprint density at radius 3 is 2.35 bits per heavy atom. The molecule has 0 spiro atoms. The number of para-hydroxylation sites is 2. The smallest absolute Gasteiger partial charge is 0.795 e. The van der Waals surface area contributed by atoms with Gasteiger partial charge in [0.2, 0.25) is 5.91 Å². The molecule has 0 aliphatic carbocycles. The van der Waals surface area contributed by atoms with Crippen LogP contribution in [0.2, 0.25) is 0 Å². The van der Waals surface area contributed by atoms with E-state index >= 15 is 0 Å². The molecule has 2 atom stereocenters. The van der Waals surface area contributed by atoms with E-state index < -0.39 is 31.3 Å². The second kappa shape index (κ2) is 14.6. The number of aromatic nitrogens is 1. The molecule has 2 aromatic heterocycles. The van der Waals surface area contributed by atoms with Crippen LogP contribution in [0.4, 0.5) is 4.79 Å². The molecule has 0 saturated carbocycles. The van der Waals surface area contributed by atoms with Crippen LogP contribution in [0.5, 0.6) is 0 Å². The van der Waals surface area contributed by atoms with Gasteiger partial charge in [0.15, 0.2) is 6.61 Å². The van der Waals surface area contributed by atoms with Gasteiger partial charge in [-0.3, -0.25) is 4.79 Å². The van der Waals surface area contributed by atoms with Gasteiger partial charge in [-0.25, -0.2) is 4.79 Å². The first kappa shape index (κ1) is 35.1. The van der Waals surface area contributed by atoms with Gasteiger partial charge < -0.3 is 38.5 Å². The van der Waals surface area contributed by atoms with E-state index in [1.807, 2.05) is 55.5 Å². The van der Waals surface area contributed by atoms with Gasteiger partial charge in [0.05, 0.1) is 11.6 Å². The predicted octanol–water partition coefficient (Wildman–Crippen LogP) is -1.82. The van der Waals surface area contributed by atoms with E-state index in [0.29, 0.717) is 26.6 Å². The van der Waals surface area contributed by atoms with Crippen LogP contribution >= 0.6 is 7.75 Å². The third kappa shape index (κ3) is 8.22. The van der Waals surface area contributed by atoms with Crippen molar-refractivity contribution in [1.29, 1.82) is 0 Å². The molecule has 0 aliphatic heterocycles. The molecule has 2 heterocycles. The summed E-state index contributed by atoms with van der Waals surface area (Å²) >= 11 is 0. The Labute approximate surface area is 293 Å². The molecule has 43 heavy (non-hydrogen) atoms. The number of hydrogen-bond donors (Lipinski definition) is 2. The van der Waals surface area contributed by atoms with E-state index in [0.717, 1.165) is 10.9 Å². The van der Waals surface area contributed by atoms with Crippen LogP contribution in [0.25, 0.3) is 21.9 Å². The van der Waals surface area contributed by atoms with E-state index in [2.05, 4.69) is 10.6 Å². The number of carbonyl (C=O) groups excluding carboxylic acids is 2. The molecule has 2 N–H and O–H groups in total. The molecule has 5 aromatic rings. The molecule has 2 unspecified atom stereocenters. The fraction of sp³-hybridized carbons (Fsp3) is 0.200. The van der Waals surface area contributed by atoms with Gasteiger partial charge in [-0.05, 0) is 43.2 Å². The molecular weight excluding hydrogens is 591 g/mol. The molecule has 0 aliphatic rings. The van der Waals surface area contributed by atoms with Gasteiger partial charge in [-0.15, -0.1) is 0 Å². The monoisotopic (exact) mass is 619 g/mol. The molecular formula is C30H28N3Na2O7P. The number of benzene rings is 3. The first-order chi connectivity index (χ1) is 19.5. The second-order valence-corrected chi connectivity index (χ2v) is 11.4. The molecule has 0 fully saturated rings. The topological polar surface area (TPSA) is 149 Å². The van der Waals surface area contributed by atoms with Crippen LogP contribution in [-0.2, 0) is 27.1 Å². The molecule has 13 heteroatoms. The summed E-state index contributed by atoms with van der Waals surface area (Å²) in [6.45, 7) is 3.15. The number of fused-ring (bicyclic) bond motifs is 2. The zero-order valence-electron chi connectivity index (χ0n) is 24.4. The van der Waals surface area contributed by atoms with Gasteiger partial charge in [0.25, 0.3) is 0 Å². The summed E-state index contributed by atoms with van der Waals surface area (Å²) < 4.78 is 23.7. The van der Waals surface area contributed by atoms with Crippen molar-refractivity contribution in [3.63, 3.8) is 0 Å².